The molecule has 2 amide bonds. The molecule has 0 spiro atoms. The highest BCUT2D eigenvalue weighted by Gasteiger charge is 2.16. The Morgan fingerprint density at radius 2 is 1.84 bits per heavy atom. The zero-order chi connectivity index (χ0) is 17.2. The molecule has 3 aromatic rings. The predicted octanol–water partition coefficient (Wildman–Crippen LogP) is 4.45. The summed E-state index contributed by atoms with van der Waals surface area (Å²) < 4.78 is 2.26. The highest BCUT2D eigenvalue weighted by molar-refractivity contribution is 6.00. The Morgan fingerprint density at radius 1 is 1.08 bits per heavy atom. The summed E-state index contributed by atoms with van der Waals surface area (Å²) in [5, 5.41) is 5.76. The molecule has 126 valence electrons. The van der Waals surface area contributed by atoms with E-state index in [1.807, 2.05) is 61.7 Å². The molecular weight excluding hydrogens is 312 g/mol. The molecule has 1 aromatic heterocycles. The van der Waals surface area contributed by atoms with Gasteiger partial charge in [-0.05, 0) is 43.2 Å². The summed E-state index contributed by atoms with van der Waals surface area (Å²) in [7, 11) is 0. The standard InChI is InChI=1S/C20H20N4O/c1-14-5-2-7-16(11-14)22-20(25)23-17-8-3-6-15(12-17)18-13-21-19-9-4-10-24(18)19/h2-3,5-8,11-13H,4,9-10H2,1H3,(H2,22,23,25). The largest absolute Gasteiger partial charge is 0.328 e. The molecule has 1 aliphatic heterocycles. The number of aromatic nitrogens is 2. The molecule has 5 nitrogen and oxygen atoms in total. The topological polar surface area (TPSA) is 59.0 Å². The number of carbonyl (C=O) groups excluding carboxylic acids is 1. The van der Waals surface area contributed by atoms with Crippen molar-refractivity contribution in [1.82, 2.24) is 9.55 Å². The zero-order valence-electron chi connectivity index (χ0n) is 14.1. The Labute approximate surface area is 146 Å². The molecule has 0 aliphatic carbocycles. The lowest BCUT2D eigenvalue weighted by Gasteiger charge is -2.10. The Kier molecular flexibility index (Phi) is 3.98. The number of hydrogen-bond donors (Lipinski definition) is 2. The van der Waals surface area contributed by atoms with Crippen molar-refractivity contribution in [1.29, 1.82) is 0 Å². The summed E-state index contributed by atoms with van der Waals surface area (Å²) in [4.78, 5) is 16.7. The first-order chi connectivity index (χ1) is 12.2. The maximum absolute atomic E-state index is 12.2. The van der Waals surface area contributed by atoms with Crippen molar-refractivity contribution in [2.24, 2.45) is 0 Å². The quantitative estimate of drug-likeness (QED) is 0.744. The van der Waals surface area contributed by atoms with Gasteiger partial charge in [0.1, 0.15) is 5.82 Å². The summed E-state index contributed by atoms with van der Waals surface area (Å²) in [6.07, 6.45) is 4.10. The van der Waals surface area contributed by atoms with E-state index in [0.717, 1.165) is 53.4 Å². The third-order valence-corrected chi connectivity index (χ3v) is 4.41. The number of fused-ring (bicyclic) bond motifs is 1. The van der Waals surface area contributed by atoms with Crippen molar-refractivity contribution in [3.05, 3.63) is 66.1 Å². The first-order valence-corrected chi connectivity index (χ1v) is 8.48. The number of nitrogens with one attached hydrogen (secondary N) is 2. The fourth-order valence-corrected chi connectivity index (χ4v) is 3.26. The molecule has 0 bridgehead atoms. The van der Waals surface area contributed by atoms with Gasteiger partial charge in [-0.1, -0.05) is 24.3 Å². The van der Waals surface area contributed by atoms with Crippen LogP contribution in [0.5, 0.6) is 0 Å². The molecule has 0 saturated heterocycles. The van der Waals surface area contributed by atoms with Gasteiger partial charge in [-0.3, -0.25) is 0 Å². The Balaban J connectivity index is 1.50. The smallest absolute Gasteiger partial charge is 0.323 e. The van der Waals surface area contributed by atoms with Crippen LogP contribution in [0.15, 0.2) is 54.7 Å². The molecule has 2 aromatic carbocycles. The lowest BCUT2D eigenvalue weighted by molar-refractivity contribution is 0.262. The molecule has 2 N–H and O–H groups in total. The minimum absolute atomic E-state index is 0.249. The molecule has 25 heavy (non-hydrogen) atoms. The highest BCUT2D eigenvalue weighted by atomic mass is 16.2. The number of urea groups is 1. The van der Waals surface area contributed by atoms with Crippen LogP contribution >= 0.6 is 0 Å². The maximum Gasteiger partial charge on any atom is 0.323 e. The second-order valence-corrected chi connectivity index (χ2v) is 6.34. The van der Waals surface area contributed by atoms with Crippen LogP contribution in [0.1, 0.15) is 17.8 Å². The van der Waals surface area contributed by atoms with Gasteiger partial charge in [0.05, 0.1) is 11.9 Å². The third kappa shape index (κ3) is 3.26. The van der Waals surface area contributed by atoms with E-state index in [2.05, 4.69) is 20.2 Å². The Hall–Kier alpha value is -3.08. The van der Waals surface area contributed by atoms with E-state index >= 15 is 0 Å². The number of aryl methyl sites for hydroxylation is 2. The van der Waals surface area contributed by atoms with E-state index in [4.69, 9.17) is 0 Å². The van der Waals surface area contributed by atoms with Crippen LogP contribution in [-0.4, -0.2) is 15.6 Å². The predicted molar refractivity (Wildman–Crippen MR) is 99.8 cm³/mol. The summed E-state index contributed by atoms with van der Waals surface area (Å²) in [5.41, 5.74) is 4.82. The average molecular weight is 332 g/mol. The molecule has 0 unspecified atom stereocenters. The number of anilines is 2. The summed E-state index contributed by atoms with van der Waals surface area (Å²) >= 11 is 0. The van der Waals surface area contributed by atoms with Gasteiger partial charge in [0.2, 0.25) is 0 Å². The van der Waals surface area contributed by atoms with Crippen LogP contribution < -0.4 is 10.6 Å². The Bertz CT molecular complexity index is 929. The van der Waals surface area contributed by atoms with Gasteiger partial charge in [-0.15, -0.1) is 0 Å². The second kappa shape index (κ2) is 6.43. The van der Waals surface area contributed by atoms with Crippen molar-refractivity contribution in [3.8, 4) is 11.3 Å². The fourth-order valence-electron chi connectivity index (χ4n) is 3.26. The van der Waals surface area contributed by atoms with E-state index in [1.165, 1.54) is 0 Å². The zero-order valence-corrected chi connectivity index (χ0v) is 14.1. The van der Waals surface area contributed by atoms with E-state index in [0.29, 0.717) is 0 Å². The number of imidazole rings is 1. The molecule has 0 radical (unpaired) electrons. The van der Waals surface area contributed by atoms with Crippen LogP contribution in [0.25, 0.3) is 11.3 Å². The monoisotopic (exact) mass is 332 g/mol. The molecule has 1 aliphatic rings. The SMILES string of the molecule is Cc1cccc(NC(=O)Nc2cccc(-c3cnc4n3CCC4)c2)c1. The second-order valence-electron chi connectivity index (χ2n) is 6.34. The van der Waals surface area contributed by atoms with Crippen LogP contribution in [0.3, 0.4) is 0 Å². The van der Waals surface area contributed by atoms with Crippen molar-refractivity contribution in [2.45, 2.75) is 26.3 Å². The van der Waals surface area contributed by atoms with E-state index in [9.17, 15) is 4.79 Å². The number of benzene rings is 2. The van der Waals surface area contributed by atoms with Crippen molar-refractivity contribution < 1.29 is 4.79 Å². The van der Waals surface area contributed by atoms with Crippen LogP contribution in [0.4, 0.5) is 16.2 Å². The molecule has 5 heteroatoms. The highest BCUT2D eigenvalue weighted by Crippen LogP contribution is 2.27. The first kappa shape index (κ1) is 15.4. The normalized spacial score (nSPS) is 12.7. The average Bonchev–Trinajstić information content (AvgIpc) is 3.18. The van der Waals surface area contributed by atoms with Gasteiger partial charge >= 0.3 is 6.03 Å². The summed E-state index contributed by atoms with van der Waals surface area (Å²) in [6.45, 7) is 3.01. The number of carbonyl (C=O) groups is 1. The summed E-state index contributed by atoms with van der Waals surface area (Å²) in [5.74, 6) is 1.14. The lowest BCUT2D eigenvalue weighted by atomic mass is 10.1. The maximum atomic E-state index is 12.2. The molecule has 4 rings (SSSR count). The minimum atomic E-state index is -0.249. The van der Waals surface area contributed by atoms with Gasteiger partial charge < -0.3 is 15.2 Å². The molecule has 0 fully saturated rings. The molecule has 0 atom stereocenters. The van der Waals surface area contributed by atoms with E-state index < -0.39 is 0 Å². The van der Waals surface area contributed by atoms with Crippen molar-refractivity contribution in [3.63, 3.8) is 0 Å². The molecular formula is C20H20N4O. The van der Waals surface area contributed by atoms with Gasteiger partial charge in [-0.2, -0.15) is 0 Å². The van der Waals surface area contributed by atoms with Crippen LogP contribution in [0, 0.1) is 6.92 Å². The van der Waals surface area contributed by atoms with Crippen LogP contribution in [0.2, 0.25) is 0 Å². The van der Waals surface area contributed by atoms with Crippen LogP contribution in [-0.2, 0) is 13.0 Å². The summed E-state index contributed by atoms with van der Waals surface area (Å²) in [6, 6.07) is 15.4. The number of rotatable bonds is 3. The molecule has 0 saturated carbocycles. The third-order valence-electron chi connectivity index (χ3n) is 4.41. The van der Waals surface area contributed by atoms with E-state index in [1.54, 1.807) is 0 Å². The number of hydrogen-bond acceptors (Lipinski definition) is 2. The van der Waals surface area contributed by atoms with Crippen molar-refractivity contribution in [2.75, 3.05) is 10.6 Å². The first-order valence-electron chi connectivity index (χ1n) is 8.48. The molecule has 2 heterocycles. The number of amides is 2. The van der Waals surface area contributed by atoms with Crippen molar-refractivity contribution >= 4 is 17.4 Å². The van der Waals surface area contributed by atoms with Gasteiger partial charge in [0.25, 0.3) is 0 Å². The van der Waals surface area contributed by atoms with Gasteiger partial charge in [0, 0.05) is 29.9 Å². The lowest BCUT2D eigenvalue weighted by Crippen LogP contribution is -2.19. The Morgan fingerprint density at radius 3 is 2.64 bits per heavy atom. The fraction of sp³-hybridized carbons (Fsp3) is 0.200. The van der Waals surface area contributed by atoms with E-state index in [-0.39, 0.29) is 6.03 Å². The number of nitrogens with zero attached hydrogens (tertiary/aromatic N) is 2. The minimum Gasteiger partial charge on any atom is -0.328 e. The van der Waals surface area contributed by atoms with Gasteiger partial charge in [0.15, 0.2) is 0 Å². The van der Waals surface area contributed by atoms with Gasteiger partial charge in [-0.25, -0.2) is 9.78 Å².